The minimum Gasteiger partial charge on any atom is -0.481 e. The average Bonchev–Trinajstić information content (AvgIpc) is 2.76. The number of rotatable bonds is 11. The molecule has 1 aliphatic rings. The lowest BCUT2D eigenvalue weighted by Crippen LogP contribution is -2.38. The number of ether oxygens (including phenoxy) is 1. The Kier molecular flexibility index (Phi) is 10.9. The van der Waals surface area contributed by atoms with Gasteiger partial charge in [-0.3, -0.25) is 4.79 Å². The molecule has 30 heavy (non-hydrogen) atoms. The summed E-state index contributed by atoms with van der Waals surface area (Å²) in [5.74, 6) is -0.684. The molecule has 0 bridgehead atoms. The Balaban J connectivity index is 0.00000320. The highest BCUT2D eigenvalue weighted by molar-refractivity contribution is 5.85. The van der Waals surface area contributed by atoms with Crippen molar-refractivity contribution in [3.63, 3.8) is 0 Å². The minimum absolute atomic E-state index is 0. The van der Waals surface area contributed by atoms with Crippen molar-refractivity contribution in [3.8, 4) is 0 Å². The van der Waals surface area contributed by atoms with Gasteiger partial charge in [0.2, 0.25) is 0 Å². The van der Waals surface area contributed by atoms with Crippen LogP contribution in [0.4, 0.5) is 0 Å². The zero-order chi connectivity index (χ0) is 20.3. The summed E-state index contributed by atoms with van der Waals surface area (Å²) in [7, 11) is 0. The highest BCUT2D eigenvalue weighted by Crippen LogP contribution is 2.30. The molecule has 1 N–H and O–H groups in total. The number of carbonyl (C=O) groups is 1. The molecule has 0 saturated carbocycles. The van der Waals surface area contributed by atoms with Gasteiger partial charge in [-0.25, -0.2) is 0 Å². The first-order chi connectivity index (χ1) is 14.2. The highest BCUT2D eigenvalue weighted by atomic mass is 35.5. The first-order valence-corrected chi connectivity index (χ1v) is 10.9. The molecular weight excluding hydrogens is 398 g/mol. The van der Waals surface area contributed by atoms with Crippen molar-refractivity contribution in [1.82, 2.24) is 4.90 Å². The van der Waals surface area contributed by atoms with Crippen LogP contribution >= 0.6 is 12.4 Å². The van der Waals surface area contributed by atoms with Crippen molar-refractivity contribution in [1.29, 1.82) is 0 Å². The molecule has 3 rings (SSSR count). The Bertz CT molecular complexity index is 678. The van der Waals surface area contributed by atoms with Crippen LogP contribution < -0.4 is 0 Å². The van der Waals surface area contributed by atoms with E-state index in [2.05, 4.69) is 53.4 Å². The number of halogens is 1. The minimum atomic E-state index is -0.684. The molecule has 0 spiro atoms. The molecule has 0 aliphatic carbocycles. The SMILES string of the molecule is Cl.O=C(O)CCCCCCN1CCC(OC(c2ccccc2)c2ccccc2)CC1. The maximum absolute atomic E-state index is 10.5. The van der Waals surface area contributed by atoms with Gasteiger partial charge in [0, 0.05) is 19.5 Å². The Morgan fingerprint density at radius 2 is 1.43 bits per heavy atom. The smallest absolute Gasteiger partial charge is 0.303 e. The summed E-state index contributed by atoms with van der Waals surface area (Å²) in [5, 5.41) is 8.69. The van der Waals surface area contributed by atoms with Gasteiger partial charge in [0.15, 0.2) is 0 Å². The summed E-state index contributed by atoms with van der Waals surface area (Å²) in [4.78, 5) is 13.1. The lowest BCUT2D eigenvalue weighted by atomic mass is 10.00. The van der Waals surface area contributed by atoms with Crippen LogP contribution in [0, 0.1) is 0 Å². The van der Waals surface area contributed by atoms with Crippen LogP contribution in [0.15, 0.2) is 60.7 Å². The van der Waals surface area contributed by atoms with Gasteiger partial charge < -0.3 is 14.7 Å². The van der Waals surface area contributed by atoms with Crippen LogP contribution in [0.1, 0.15) is 62.2 Å². The number of nitrogens with zero attached hydrogens (tertiary/aromatic N) is 1. The maximum Gasteiger partial charge on any atom is 0.303 e. The van der Waals surface area contributed by atoms with E-state index in [0.717, 1.165) is 58.2 Å². The number of hydrogen-bond acceptors (Lipinski definition) is 3. The van der Waals surface area contributed by atoms with Gasteiger partial charge in [-0.2, -0.15) is 0 Å². The predicted molar refractivity (Wildman–Crippen MR) is 123 cm³/mol. The second kappa shape index (κ2) is 13.4. The Morgan fingerprint density at radius 1 is 0.900 bits per heavy atom. The quantitative estimate of drug-likeness (QED) is 0.462. The van der Waals surface area contributed by atoms with E-state index < -0.39 is 5.97 Å². The molecule has 0 radical (unpaired) electrons. The summed E-state index contributed by atoms with van der Waals surface area (Å²) < 4.78 is 6.61. The number of likely N-dealkylation sites (tertiary alicyclic amines) is 1. The zero-order valence-electron chi connectivity index (χ0n) is 17.6. The van der Waals surface area contributed by atoms with Crippen molar-refractivity contribution in [2.45, 2.75) is 57.2 Å². The third-order valence-electron chi connectivity index (χ3n) is 5.68. The van der Waals surface area contributed by atoms with Crippen LogP contribution in [-0.2, 0) is 9.53 Å². The van der Waals surface area contributed by atoms with Crippen molar-refractivity contribution in [2.24, 2.45) is 0 Å². The number of unbranched alkanes of at least 4 members (excludes halogenated alkanes) is 3. The molecule has 164 valence electrons. The first-order valence-electron chi connectivity index (χ1n) is 10.9. The van der Waals surface area contributed by atoms with E-state index in [1.807, 2.05) is 12.1 Å². The van der Waals surface area contributed by atoms with E-state index >= 15 is 0 Å². The normalized spacial score (nSPS) is 15.1. The third kappa shape index (κ3) is 8.10. The van der Waals surface area contributed by atoms with E-state index in [9.17, 15) is 4.79 Å². The van der Waals surface area contributed by atoms with Gasteiger partial charge in [0.05, 0.1) is 6.10 Å². The summed E-state index contributed by atoms with van der Waals surface area (Å²) in [5.41, 5.74) is 2.42. The summed E-state index contributed by atoms with van der Waals surface area (Å²) >= 11 is 0. The molecule has 1 heterocycles. The van der Waals surface area contributed by atoms with E-state index in [-0.39, 0.29) is 24.6 Å². The fourth-order valence-electron chi connectivity index (χ4n) is 4.03. The van der Waals surface area contributed by atoms with E-state index in [1.165, 1.54) is 11.1 Å². The monoisotopic (exact) mass is 431 g/mol. The van der Waals surface area contributed by atoms with Crippen molar-refractivity contribution in [2.75, 3.05) is 19.6 Å². The van der Waals surface area contributed by atoms with Crippen molar-refractivity contribution < 1.29 is 14.6 Å². The fourth-order valence-corrected chi connectivity index (χ4v) is 4.03. The topological polar surface area (TPSA) is 49.8 Å². The molecule has 5 heteroatoms. The third-order valence-corrected chi connectivity index (χ3v) is 5.68. The largest absolute Gasteiger partial charge is 0.481 e. The van der Waals surface area contributed by atoms with Gasteiger partial charge in [-0.1, -0.05) is 73.5 Å². The summed E-state index contributed by atoms with van der Waals surface area (Å²) in [6, 6.07) is 21.0. The number of hydrogen-bond donors (Lipinski definition) is 1. The van der Waals surface area contributed by atoms with Gasteiger partial charge in [0.1, 0.15) is 6.10 Å². The lowest BCUT2D eigenvalue weighted by Gasteiger charge is -2.34. The predicted octanol–water partition coefficient (Wildman–Crippen LogP) is 5.71. The van der Waals surface area contributed by atoms with Gasteiger partial charge in [-0.15, -0.1) is 12.4 Å². The maximum atomic E-state index is 10.5. The first kappa shape index (κ1) is 24.4. The standard InChI is InChI=1S/C25H33NO3.ClH/c27-24(28)15-9-1-2-10-18-26-19-16-23(17-20-26)29-25(21-11-5-3-6-12-21)22-13-7-4-8-14-22;/h3-8,11-14,23,25H,1-2,9-10,15-20H2,(H,27,28);1H. The van der Waals surface area contributed by atoms with Gasteiger partial charge in [0.25, 0.3) is 0 Å². The second-order valence-electron chi connectivity index (χ2n) is 7.94. The van der Waals surface area contributed by atoms with Crippen LogP contribution in [0.2, 0.25) is 0 Å². The summed E-state index contributed by atoms with van der Waals surface area (Å²) in [6.45, 7) is 3.27. The second-order valence-corrected chi connectivity index (χ2v) is 7.94. The number of carboxylic acid groups (broad SMARTS) is 1. The molecule has 2 aromatic rings. The molecule has 0 atom stereocenters. The van der Waals surface area contributed by atoms with E-state index in [0.29, 0.717) is 6.42 Å². The number of carboxylic acids is 1. The van der Waals surface area contributed by atoms with E-state index in [4.69, 9.17) is 9.84 Å². The average molecular weight is 432 g/mol. The molecule has 1 aliphatic heterocycles. The molecule has 4 nitrogen and oxygen atoms in total. The lowest BCUT2D eigenvalue weighted by molar-refractivity contribution is -0.137. The molecule has 0 amide bonds. The van der Waals surface area contributed by atoms with Gasteiger partial charge >= 0.3 is 5.97 Å². The Hall–Kier alpha value is -1.88. The fraction of sp³-hybridized carbons (Fsp3) is 0.480. The molecule has 0 aromatic heterocycles. The van der Waals surface area contributed by atoms with Crippen LogP contribution in [0.5, 0.6) is 0 Å². The van der Waals surface area contributed by atoms with Crippen LogP contribution in [0.3, 0.4) is 0 Å². The molecule has 2 aromatic carbocycles. The van der Waals surface area contributed by atoms with E-state index in [1.54, 1.807) is 0 Å². The summed E-state index contributed by atoms with van der Waals surface area (Å²) in [6.07, 6.45) is 6.79. The molecule has 1 saturated heterocycles. The number of piperidine rings is 1. The van der Waals surface area contributed by atoms with Crippen LogP contribution in [0.25, 0.3) is 0 Å². The molecule has 1 fully saturated rings. The van der Waals surface area contributed by atoms with Gasteiger partial charge in [-0.05, 0) is 43.4 Å². The highest BCUT2D eigenvalue weighted by Gasteiger charge is 2.24. The van der Waals surface area contributed by atoms with Crippen molar-refractivity contribution in [3.05, 3.63) is 71.8 Å². The zero-order valence-corrected chi connectivity index (χ0v) is 18.4. The number of benzene rings is 2. The Morgan fingerprint density at radius 3 is 1.97 bits per heavy atom. The molecular formula is C25H34ClNO3. The Labute approximate surface area is 186 Å². The number of aliphatic carboxylic acids is 1. The van der Waals surface area contributed by atoms with Crippen LogP contribution in [-0.4, -0.2) is 41.7 Å². The molecule has 0 unspecified atom stereocenters. The van der Waals surface area contributed by atoms with Crippen molar-refractivity contribution >= 4 is 18.4 Å².